The molecule has 0 unspecified atom stereocenters. The van der Waals surface area contributed by atoms with E-state index >= 15 is 0 Å². The van der Waals surface area contributed by atoms with Crippen molar-refractivity contribution in [2.24, 2.45) is 0 Å². The van der Waals surface area contributed by atoms with Crippen molar-refractivity contribution in [3.05, 3.63) is 34.9 Å². The van der Waals surface area contributed by atoms with Gasteiger partial charge in [0.15, 0.2) is 0 Å². The highest BCUT2D eigenvalue weighted by Crippen LogP contribution is 2.09. The predicted molar refractivity (Wildman–Crippen MR) is 62.8 cm³/mol. The lowest BCUT2D eigenvalue weighted by atomic mass is 10.1. The van der Waals surface area contributed by atoms with Crippen LogP contribution in [-0.4, -0.2) is 25.2 Å². The van der Waals surface area contributed by atoms with Gasteiger partial charge in [-0.05, 0) is 26.0 Å². The minimum atomic E-state index is -0.399. The summed E-state index contributed by atoms with van der Waals surface area (Å²) < 4.78 is 9.63. The molecule has 1 aromatic rings. The molecule has 0 saturated carbocycles. The van der Waals surface area contributed by atoms with Crippen molar-refractivity contribution < 1.29 is 19.1 Å². The molecule has 0 spiro atoms. The molecular formula is C13H16O4. The van der Waals surface area contributed by atoms with E-state index in [0.29, 0.717) is 5.56 Å². The Balaban J connectivity index is 2.49. The number of benzene rings is 1. The smallest absolute Gasteiger partial charge is 0.338 e. The van der Waals surface area contributed by atoms with Gasteiger partial charge in [0.2, 0.25) is 0 Å². The highest BCUT2D eigenvalue weighted by atomic mass is 16.6. The Kier molecular flexibility index (Phi) is 4.69. The lowest BCUT2D eigenvalue weighted by molar-refractivity contribution is -0.142. The van der Waals surface area contributed by atoms with Gasteiger partial charge in [0, 0.05) is 6.92 Å². The number of rotatable bonds is 4. The Bertz CT molecular complexity index is 403. The lowest BCUT2D eigenvalue weighted by Crippen LogP contribution is -2.12. The SMILES string of the molecule is CC(=O)OCCOC(=O)c1cc(C)cc(C)c1. The Morgan fingerprint density at radius 2 is 1.53 bits per heavy atom. The zero-order valence-electron chi connectivity index (χ0n) is 10.3. The van der Waals surface area contributed by atoms with Crippen LogP contribution in [-0.2, 0) is 14.3 Å². The van der Waals surface area contributed by atoms with Gasteiger partial charge in [0.25, 0.3) is 0 Å². The summed E-state index contributed by atoms with van der Waals surface area (Å²) in [4.78, 5) is 22.1. The topological polar surface area (TPSA) is 52.6 Å². The molecule has 0 aliphatic rings. The Hall–Kier alpha value is -1.84. The first-order valence-electron chi connectivity index (χ1n) is 5.38. The van der Waals surface area contributed by atoms with E-state index in [4.69, 9.17) is 4.74 Å². The minimum absolute atomic E-state index is 0.0748. The van der Waals surface area contributed by atoms with Crippen molar-refractivity contribution in [3.63, 3.8) is 0 Å². The molecule has 0 aromatic heterocycles. The van der Waals surface area contributed by atoms with Crippen LogP contribution in [0.3, 0.4) is 0 Å². The summed E-state index contributed by atoms with van der Waals surface area (Å²) in [6, 6.07) is 5.51. The second-order valence-electron chi connectivity index (χ2n) is 3.85. The maximum atomic E-state index is 11.6. The highest BCUT2D eigenvalue weighted by molar-refractivity contribution is 5.89. The molecule has 1 rings (SSSR count). The molecule has 0 saturated heterocycles. The van der Waals surface area contributed by atoms with E-state index in [0.717, 1.165) is 11.1 Å². The van der Waals surface area contributed by atoms with Crippen LogP contribution in [0.4, 0.5) is 0 Å². The van der Waals surface area contributed by atoms with Gasteiger partial charge in [-0.3, -0.25) is 4.79 Å². The summed E-state index contributed by atoms with van der Waals surface area (Å²) in [5, 5.41) is 0. The summed E-state index contributed by atoms with van der Waals surface area (Å²) in [5.41, 5.74) is 2.54. The first-order chi connectivity index (χ1) is 7.99. The van der Waals surface area contributed by atoms with E-state index in [-0.39, 0.29) is 19.2 Å². The van der Waals surface area contributed by atoms with Crippen LogP contribution >= 0.6 is 0 Å². The van der Waals surface area contributed by atoms with Crippen LogP contribution in [0.5, 0.6) is 0 Å². The third-order valence-corrected chi connectivity index (χ3v) is 2.08. The fourth-order valence-corrected chi connectivity index (χ4v) is 1.50. The minimum Gasteiger partial charge on any atom is -0.462 e. The molecule has 0 fully saturated rings. The molecule has 1 aromatic carbocycles. The van der Waals surface area contributed by atoms with Gasteiger partial charge in [-0.15, -0.1) is 0 Å². The van der Waals surface area contributed by atoms with Crippen molar-refractivity contribution in [1.82, 2.24) is 0 Å². The zero-order valence-corrected chi connectivity index (χ0v) is 10.3. The first kappa shape index (κ1) is 13.2. The maximum absolute atomic E-state index is 11.6. The van der Waals surface area contributed by atoms with Crippen LogP contribution in [0.1, 0.15) is 28.4 Å². The summed E-state index contributed by atoms with van der Waals surface area (Å²) in [7, 11) is 0. The number of esters is 2. The molecule has 0 atom stereocenters. The van der Waals surface area contributed by atoms with Crippen LogP contribution in [0.2, 0.25) is 0 Å². The van der Waals surface area contributed by atoms with Crippen molar-refractivity contribution in [2.45, 2.75) is 20.8 Å². The quantitative estimate of drug-likeness (QED) is 0.593. The summed E-state index contributed by atoms with van der Waals surface area (Å²) in [6.07, 6.45) is 0. The Morgan fingerprint density at radius 3 is 2.06 bits per heavy atom. The van der Waals surface area contributed by atoms with Crippen LogP contribution < -0.4 is 0 Å². The molecule has 17 heavy (non-hydrogen) atoms. The fourth-order valence-electron chi connectivity index (χ4n) is 1.50. The molecule has 92 valence electrons. The van der Waals surface area contributed by atoms with Gasteiger partial charge in [-0.1, -0.05) is 17.2 Å². The van der Waals surface area contributed by atoms with Crippen LogP contribution in [0.25, 0.3) is 0 Å². The normalized spacial score (nSPS) is 9.82. The number of aryl methyl sites for hydroxylation is 2. The maximum Gasteiger partial charge on any atom is 0.338 e. The molecular weight excluding hydrogens is 220 g/mol. The van der Waals surface area contributed by atoms with Gasteiger partial charge in [-0.25, -0.2) is 4.79 Å². The predicted octanol–water partition coefficient (Wildman–Crippen LogP) is 2.02. The van der Waals surface area contributed by atoms with Crippen molar-refractivity contribution in [1.29, 1.82) is 0 Å². The van der Waals surface area contributed by atoms with E-state index in [9.17, 15) is 9.59 Å². The van der Waals surface area contributed by atoms with E-state index in [1.54, 1.807) is 12.1 Å². The number of hydrogen-bond acceptors (Lipinski definition) is 4. The summed E-state index contributed by atoms with van der Waals surface area (Å²) >= 11 is 0. The molecule has 0 N–H and O–H groups in total. The standard InChI is InChI=1S/C13H16O4/c1-9-6-10(2)8-12(7-9)13(15)17-5-4-16-11(3)14/h6-8H,4-5H2,1-3H3. The Labute approximate surface area is 101 Å². The van der Waals surface area contributed by atoms with E-state index in [1.165, 1.54) is 6.92 Å². The highest BCUT2D eigenvalue weighted by Gasteiger charge is 2.08. The van der Waals surface area contributed by atoms with Crippen molar-refractivity contribution >= 4 is 11.9 Å². The van der Waals surface area contributed by atoms with Crippen molar-refractivity contribution in [3.8, 4) is 0 Å². The molecule has 0 amide bonds. The van der Waals surface area contributed by atoms with Gasteiger partial charge >= 0.3 is 11.9 Å². The Morgan fingerprint density at radius 1 is 1.00 bits per heavy atom. The van der Waals surface area contributed by atoms with E-state index < -0.39 is 5.97 Å². The number of carbonyl (C=O) groups is 2. The van der Waals surface area contributed by atoms with Gasteiger partial charge in [0.05, 0.1) is 5.56 Å². The zero-order chi connectivity index (χ0) is 12.8. The summed E-state index contributed by atoms with van der Waals surface area (Å²) in [5.74, 6) is -0.781. The average molecular weight is 236 g/mol. The second kappa shape index (κ2) is 6.03. The first-order valence-corrected chi connectivity index (χ1v) is 5.38. The largest absolute Gasteiger partial charge is 0.462 e. The van der Waals surface area contributed by atoms with Crippen LogP contribution in [0.15, 0.2) is 18.2 Å². The molecule has 0 aliphatic heterocycles. The third kappa shape index (κ3) is 4.68. The molecule has 4 nitrogen and oxygen atoms in total. The molecule has 4 heteroatoms. The number of ether oxygens (including phenoxy) is 2. The molecule has 0 radical (unpaired) electrons. The molecule has 0 heterocycles. The van der Waals surface area contributed by atoms with Crippen molar-refractivity contribution in [2.75, 3.05) is 13.2 Å². The lowest BCUT2D eigenvalue weighted by Gasteiger charge is -2.06. The van der Waals surface area contributed by atoms with E-state index in [1.807, 2.05) is 19.9 Å². The monoisotopic (exact) mass is 236 g/mol. The summed E-state index contributed by atoms with van der Waals surface area (Å²) in [6.45, 7) is 5.31. The van der Waals surface area contributed by atoms with E-state index in [2.05, 4.69) is 4.74 Å². The number of hydrogen-bond donors (Lipinski definition) is 0. The molecule has 0 aliphatic carbocycles. The molecule has 0 bridgehead atoms. The third-order valence-electron chi connectivity index (χ3n) is 2.08. The van der Waals surface area contributed by atoms with Gasteiger partial charge < -0.3 is 9.47 Å². The second-order valence-corrected chi connectivity index (χ2v) is 3.85. The fraction of sp³-hybridized carbons (Fsp3) is 0.385. The number of carbonyl (C=O) groups excluding carboxylic acids is 2. The average Bonchev–Trinajstić information content (AvgIpc) is 2.22. The van der Waals surface area contributed by atoms with Gasteiger partial charge in [-0.2, -0.15) is 0 Å². The van der Waals surface area contributed by atoms with Crippen LogP contribution in [0, 0.1) is 13.8 Å². The van der Waals surface area contributed by atoms with Gasteiger partial charge in [0.1, 0.15) is 13.2 Å².